The second-order valence-electron chi connectivity index (χ2n) is 4.69. The van der Waals surface area contributed by atoms with E-state index in [1.807, 2.05) is 26.0 Å². The fourth-order valence-electron chi connectivity index (χ4n) is 2.05. The number of amides is 1. The van der Waals surface area contributed by atoms with Gasteiger partial charge in [0.1, 0.15) is 9.71 Å². The van der Waals surface area contributed by atoms with Crippen molar-refractivity contribution in [1.82, 2.24) is 14.8 Å². The van der Waals surface area contributed by atoms with Crippen molar-refractivity contribution in [2.24, 2.45) is 0 Å². The number of nitrogens with zero attached hydrogens (tertiary/aromatic N) is 3. The molecular formula is C14H15N5OS. The average molecular weight is 301 g/mol. The van der Waals surface area contributed by atoms with Gasteiger partial charge in [0.2, 0.25) is 0 Å². The van der Waals surface area contributed by atoms with Gasteiger partial charge in [0, 0.05) is 23.8 Å². The SMILES string of the molecule is CCn1cc(NC(=O)c2sc3nc(C)ccc3c2N)cn1. The van der Waals surface area contributed by atoms with Gasteiger partial charge in [-0.3, -0.25) is 9.48 Å². The Morgan fingerprint density at radius 1 is 1.48 bits per heavy atom. The number of aromatic nitrogens is 3. The van der Waals surface area contributed by atoms with E-state index in [1.165, 1.54) is 11.3 Å². The number of rotatable bonds is 3. The van der Waals surface area contributed by atoms with Gasteiger partial charge in [-0.2, -0.15) is 5.10 Å². The van der Waals surface area contributed by atoms with Crippen LogP contribution in [0, 0.1) is 6.92 Å². The van der Waals surface area contributed by atoms with Crippen LogP contribution >= 0.6 is 11.3 Å². The van der Waals surface area contributed by atoms with E-state index in [4.69, 9.17) is 5.73 Å². The zero-order chi connectivity index (χ0) is 15.0. The standard InChI is InChI=1S/C14H15N5OS/c1-3-19-7-9(6-16-19)18-13(20)12-11(15)10-5-4-8(2)17-14(10)21-12/h4-7H,3,15H2,1-2H3,(H,18,20). The average Bonchev–Trinajstić information content (AvgIpc) is 3.03. The maximum Gasteiger partial charge on any atom is 0.268 e. The fourth-order valence-corrected chi connectivity index (χ4v) is 3.08. The Hall–Kier alpha value is -2.41. The Morgan fingerprint density at radius 2 is 2.29 bits per heavy atom. The van der Waals surface area contributed by atoms with E-state index >= 15 is 0 Å². The van der Waals surface area contributed by atoms with Crippen LogP contribution in [0.25, 0.3) is 10.2 Å². The number of hydrogen-bond acceptors (Lipinski definition) is 5. The number of fused-ring (bicyclic) bond motifs is 1. The minimum atomic E-state index is -0.233. The summed E-state index contributed by atoms with van der Waals surface area (Å²) in [5, 5.41) is 7.75. The molecule has 0 atom stereocenters. The summed E-state index contributed by atoms with van der Waals surface area (Å²) < 4.78 is 1.74. The van der Waals surface area contributed by atoms with Gasteiger partial charge in [-0.1, -0.05) is 0 Å². The van der Waals surface area contributed by atoms with Crippen molar-refractivity contribution in [1.29, 1.82) is 0 Å². The normalized spacial score (nSPS) is 11.0. The number of carbonyl (C=O) groups excluding carboxylic acids is 1. The Balaban J connectivity index is 1.92. The minimum absolute atomic E-state index is 0.233. The van der Waals surface area contributed by atoms with Crippen LogP contribution < -0.4 is 11.1 Å². The van der Waals surface area contributed by atoms with Crippen molar-refractivity contribution in [2.75, 3.05) is 11.1 Å². The molecule has 0 unspecified atom stereocenters. The lowest BCUT2D eigenvalue weighted by molar-refractivity contribution is 0.103. The molecule has 0 bridgehead atoms. The number of carbonyl (C=O) groups is 1. The molecule has 0 radical (unpaired) electrons. The maximum absolute atomic E-state index is 12.3. The molecule has 3 rings (SSSR count). The van der Waals surface area contributed by atoms with Gasteiger partial charge in [-0.25, -0.2) is 4.98 Å². The summed E-state index contributed by atoms with van der Waals surface area (Å²) in [5.41, 5.74) is 8.10. The van der Waals surface area contributed by atoms with Gasteiger partial charge in [0.25, 0.3) is 5.91 Å². The van der Waals surface area contributed by atoms with Crippen LogP contribution in [-0.4, -0.2) is 20.7 Å². The minimum Gasteiger partial charge on any atom is -0.397 e. The Morgan fingerprint density at radius 3 is 3.00 bits per heavy atom. The highest BCUT2D eigenvalue weighted by Crippen LogP contribution is 2.32. The van der Waals surface area contributed by atoms with E-state index in [0.29, 0.717) is 16.3 Å². The fraction of sp³-hybridized carbons (Fsp3) is 0.214. The van der Waals surface area contributed by atoms with E-state index in [-0.39, 0.29) is 5.91 Å². The van der Waals surface area contributed by atoms with Crippen molar-refractivity contribution in [3.05, 3.63) is 35.1 Å². The van der Waals surface area contributed by atoms with E-state index in [0.717, 1.165) is 22.5 Å². The molecule has 0 aliphatic heterocycles. The van der Waals surface area contributed by atoms with E-state index in [1.54, 1.807) is 17.1 Å². The maximum atomic E-state index is 12.3. The molecule has 1 amide bonds. The summed E-state index contributed by atoms with van der Waals surface area (Å²) in [5.74, 6) is -0.233. The molecule has 3 aromatic heterocycles. The third-order valence-electron chi connectivity index (χ3n) is 3.15. The molecule has 0 saturated carbocycles. The summed E-state index contributed by atoms with van der Waals surface area (Å²) in [6, 6.07) is 3.79. The van der Waals surface area contributed by atoms with Gasteiger partial charge >= 0.3 is 0 Å². The number of nitrogens with two attached hydrogens (primary N) is 1. The Labute approximate surface area is 125 Å². The highest BCUT2D eigenvalue weighted by Gasteiger charge is 2.17. The lowest BCUT2D eigenvalue weighted by Crippen LogP contribution is -2.11. The predicted molar refractivity (Wildman–Crippen MR) is 84.6 cm³/mol. The van der Waals surface area contributed by atoms with Crippen LogP contribution in [0.2, 0.25) is 0 Å². The quantitative estimate of drug-likeness (QED) is 0.778. The monoisotopic (exact) mass is 301 g/mol. The zero-order valence-corrected chi connectivity index (χ0v) is 12.6. The van der Waals surface area contributed by atoms with Gasteiger partial charge in [-0.15, -0.1) is 11.3 Å². The van der Waals surface area contributed by atoms with Crippen molar-refractivity contribution >= 4 is 38.8 Å². The molecule has 3 aromatic rings. The number of nitrogens with one attached hydrogen (secondary N) is 1. The number of aryl methyl sites for hydroxylation is 2. The second kappa shape index (κ2) is 5.17. The molecule has 3 heterocycles. The summed E-state index contributed by atoms with van der Waals surface area (Å²) >= 11 is 1.30. The first-order chi connectivity index (χ1) is 10.1. The second-order valence-corrected chi connectivity index (χ2v) is 5.69. The van der Waals surface area contributed by atoms with Crippen LogP contribution in [0.1, 0.15) is 22.3 Å². The van der Waals surface area contributed by atoms with Gasteiger partial charge in [0.15, 0.2) is 0 Å². The lowest BCUT2D eigenvalue weighted by atomic mass is 10.2. The molecule has 0 fully saturated rings. The van der Waals surface area contributed by atoms with Crippen molar-refractivity contribution in [3.63, 3.8) is 0 Å². The number of anilines is 2. The van der Waals surface area contributed by atoms with Crippen molar-refractivity contribution < 1.29 is 4.79 Å². The molecule has 3 N–H and O–H groups in total. The summed E-state index contributed by atoms with van der Waals surface area (Å²) in [4.78, 5) is 18.0. The zero-order valence-electron chi connectivity index (χ0n) is 11.8. The number of hydrogen-bond donors (Lipinski definition) is 2. The van der Waals surface area contributed by atoms with Crippen LogP contribution in [0.4, 0.5) is 11.4 Å². The molecule has 0 aromatic carbocycles. The highest BCUT2D eigenvalue weighted by molar-refractivity contribution is 7.21. The molecular weight excluding hydrogens is 286 g/mol. The Bertz CT molecular complexity index is 820. The molecule has 21 heavy (non-hydrogen) atoms. The third kappa shape index (κ3) is 2.47. The number of thiophene rings is 1. The smallest absolute Gasteiger partial charge is 0.268 e. The molecule has 108 valence electrons. The van der Waals surface area contributed by atoms with Crippen LogP contribution in [0.5, 0.6) is 0 Å². The molecule has 0 saturated heterocycles. The summed E-state index contributed by atoms with van der Waals surface area (Å²) in [6.07, 6.45) is 3.40. The number of nitrogen functional groups attached to an aromatic ring is 1. The third-order valence-corrected chi connectivity index (χ3v) is 4.27. The first kappa shape index (κ1) is 13.6. The van der Waals surface area contributed by atoms with Gasteiger partial charge < -0.3 is 11.1 Å². The van der Waals surface area contributed by atoms with Crippen molar-refractivity contribution in [2.45, 2.75) is 20.4 Å². The largest absolute Gasteiger partial charge is 0.397 e. The van der Waals surface area contributed by atoms with Crippen LogP contribution in [0.15, 0.2) is 24.5 Å². The lowest BCUT2D eigenvalue weighted by Gasteiger charge is -2.00. The molecule has 7 heteroatoms. The molecule has 0 spiro atoms. The van der Waals surface area contributed by atoms with Crippen LogP contribution in [0.3, 0.4) is 0 Å². The molecule has 0 aliphatic rings. The molecule has 6 nitrogen and oxygen atoms in total. The topological polar surface area (TPSA) is 85.8 Å². The van der Waals surface area contributed by atoms with E-state index in [2.05, 4.69) is 15.4 Å². The van der Waals surface area contributed by atoms with Crippen LogP contribution in [-0.2, 0) is 6.54 Å². The first-order valence-corrected chi connectivity index (χ1v) is 7.39. The summed E-state index contributed by atoms with van der Waals surface area (Å²) in [7, 11) is 0. The first-order valence-electron chi connectivity index (χ1n) is 6.58. The predicted octanol–water partition coefficient (Wildman–Crippen LogP) is 2.66. The summed E-state index contributed by atoms with van der Waals surface area (Å²) in [6.45, 7) is 4.65. The van der Waals surface area contributed by atoms with E-state index in [9.17, 15) is 4.79 Å². The van der Waals surface area contributed by atoms with Crippen molar-refractivity contribution in [3.8, 4) is 0 Å². The van der Waals surface area contributed by atoms with Gasteiger partial charge in [0.05, 0.1) is 17.6 Å². The Kier molecular flexibility index (Phi) is 3.34. The van der Waals surface area contributed by atoms with Gasteiger partial charge in [-0.05, 0) is 26.0 Å². The number of pyridine rings is 1. The molecule has 0 aliphatic carbocycles. The highest BCUT2D eigenvalue weighted by atomic mass is 32.1. The van der Waals surface area contributed by atoms with E-state index < -0.39 is 0 Å².